The van der Waals surface area contributed by atoms with Gasteiger partial charge in [0.1, 0.15) is 17.2 Å². The van der Waals surface area contributed by atoms with Crippen LogP contribution in [0, 0.1) is 5.53 Å². The van der Waals surface area contributed by atoms with Crippen LogP contribution in [0.3, 0.4) is 0 Å². The molecule has 0 spiro atoms. The first kappa shape index (κ1) is 23.3. The third kappa shape index (κ3) is 8.19. The SMILES string of the molecule is CCCCCCN(CCCCCC)c1cc(OCC)c(N=N)cc1OCC. The van der Waals surface area contributed by atoms with E-state index >= 15 is 0 Å². The molecule has 0 amide bonds. The monoisotopic (exact) mass is 377 g/mol. The van der Waals surface area contributed by atoms with Gasteiger partial charge in [-0.05, 0) is 26.7 Å². The van der Waals surface area contributed by atoms with E-state index in [1.165, 1.54) is 51.4 Å². The summed E-state index contributed by atoms with van der Waals surface area (Å²) in [7, 11) is 0. The van der Waals surface area contributed by atoms with Crippen LogP contribution in [0.4, 0.5) is 11.4 Å². The molecule has 0 fully saturated rings. The van der Waals surface area contributed by atoms with Crippen LogP contribution in [0.2, 0.25) is 0 Å². The van der Waals surface area contributed by atoms with Gasteiger partial charge in [0, 0.05) is 25.2 Å². The number of ether oxygens (including phenoxy) is 2. The van der Waals surface area contributed by atoms with Gasteiger partial charge in [0.05, 0.1) is 18.9 Å². The van der Waals surface area contributed by atoms with Crippen molar-refractivity contribution in [2.75, 3.05) is 31.2 Å². The van der Waals surface area contributed by atoms with Crippen LogP contribution in [-0.2, 0) is 0 Å². The molecule has 1 aromatic carbocycles. The largest absolute Gasteiger partial charge is 0.492 e. The quantitative estimate of drug-likeness (QED) is 0.246. The molecule has 5 heteroatoms. The molecule has 27 heavy (non-hydrogen) atoms. The van der Waals surface area contributed by atoms with Gasteiger partial charge in [-0.2, -0.15) is 5.11 Å². The molecule has 0 heterocycles. The van der Waals surface area contributed by atoms with Gasteiger partial charge in [0.2, 0.25) is 0 Å². The van der Waals surface area contributed by atoms with E-state index < -0.39 is 0 Å². The fraction of sp³-hybridized carbons (Fsp3) is 0.727. The number of hydrogen-bond donors (Lipinski definition) is 1. The molecule has 1 aromatic rings. The van der Waals surface area contributed by atoms with E-state index in [0.29, 0.717) is 24.7 Å². The zero-order valence-electron chi connectivity index (χ0n) is 17.9. The Morgan fingerprint density at radius 3 is 1.81 bits per heavy atom. The Labute approximate surface area is 165 Å². The minimum Gasteiger partial charge on any atom is -0.492 e. The van der Waals surface area contributed by atoms with Crippen LogP contribution in [0.25, 0.3) is 0 Å². The lowest BCUT2D eigenvalue weighted by molar-refractivity contribution is 0.331. The molecule has 0 aliphatic heterocycles. The summed E-state index contributed by atoms with van der Waals surface area (Å²) in [4.78, 5) is 2.44. The number of unbranched alkanes of at least 4 members (excludes halogenated alkanes) is 6. The molecule has 5 nitrogen and oxygen atoms in total. The first-order valence-electron chi connectivity index (χ1n) is 10.8. The zero-order chi connectivity index (χ0) is 19.9. The maximum atomic E-state index is 7.46. The number of hydrogen-bond acceptors (Lipinski definition) is 5. The Morgan fingerprint density at radius 1 is 0.778 bits per heavy atom. The van der Waals surface area contributed by atoms with Gasteiger partial charge in [-0.25, -0.2) is 5.53 Å². The van der Waals surface area contributed by atoms with Crippen LogP contribution in [0.1, 0.15) is 79.1 Å². The van der Waals surface area contributed by atoms with Crippen molar-refractivity contribution in [3.05, 3.63) is 12.1 Å². The molecule has 0 bridgehead atoms. The first-order valence-corrected chi connectivity index (χ1v) is 10.8. The normalized spacial score (nSPS) is 10.7. The molecule has 0 atom stereocenters. The maximum absolute atomic E-state index is 7.46. The lowest BCUT2D eigenvalue weighted by Gasteiger charge is -2.28. The number of benzene rings is 1. The summed E-state index contributed by atoms with van der Waals surface area (Å²) in [5.41, 5.74) is 9.06. The molecule has 0 saturated carbocycles. The highest BCUT2D eigenvalue weighted by molar-refractivity contribution is 5.69. The fourth-order valence-corrected chi connectivity index (χ4v) is 3.23. The number of rotatable bonds is 16. The van der Waals surface area contributed by atoms with Crippen LogP contribution >= 0.6 is 0 Å². The Kier molecular flexibility index (Phi) is 12.3. The van der Waals surface area contributed by atoms with Gasteiger partial charge in [0.15, 0.2) is 0 Å². The Bertz CT molecular complexity index is 523. The summed E-state index contributed by atoms with van der Waals surface area (Å²) in [5.74, 6) is 1.47. The summed E-state index contributed by atoms with van der Waals surface area (Å²) in [5, 5.41) is 3.63. The van der Waals surface area contributed by atoms with Crippen LogP contribution in [0.15, 0.2) is 17.2 Å². The van der Waals surface area contributed by atoms with Gasteiger partial charge >= 0.3 is 0 Å². The second-order valence-electron chi connectivity index (χ2n) is 6.87. The van der Waals surface area contributed by atoms with Crippen molar-refractivity contribution < 1.29 is 9.47 Å². The van der Waals surface area contributed by atoms with E-state index in [0.717, 1.165) is 24.5 Å². The van der Waals surface area contributed by atoms with Gasteiger partial charge in [-0.1, -0.05) is 52.4 Å². The molecular formula is C22H39N3O2. The molecule has 0 radical (unpaired) electrons. The van der Waals surface area contributed by atoms with Crippen molar-refractivity contribution in [3.63, 3.8) is 0 Å². The van der Waals surface area contributed by atoms with Crippen molar-refractivity contribution >= 4 is 11.4 Å². The fourth-order valence-electron chi connectivity index (χ4n) is 3.23. The second kappa shape index (κ2) is 14.3. The molecule has 0 saturated heterocycles. The molecule has 1 rings (SSSR count). The van der Waals surface area contributed by atoms with Crippen LogP contribution < -0.4 is 14.4 Å². The highest BCUT2D eigenvalue weighted by Gasteiger charge is 2.17. The third-order valence-electron chi connectivity index (χ3n) is 4.66. The summed E-state index contributed by atoms with van der Waals surface area (Å²) in [6.07, 6.45) is 9.92. The average molecular weight is 378 g/mol. The summed E-state index contributed by atoms with van der Waals surface area (Å²) in [6.45, 7) is 11.6. The highest BCUT2D eigenvalue weighted by atomic mass is 16.5. The summed E-state index contributed by atoms with van der Waals surface area (Å²) < 4.78 is 11.6. The van der Waals surface area contributed by atoms with Crippen molar-refractivity contribution in [3.8, 4) is 11.5 Å². The van der Waals surface area contributed by atoms with E-state index in [1.807, 2.05) is 26.0 Å². The van der Waals surface area contributed by atoms with Gasteiger partial charge in [-0.15, -0.1) is 0 Å². The predicted octanol–water partition coefficient (Wildman–Crippen LogP) is 7.11. The summed E-state index contributed by atoms with van der Waals surface area (Å²) in [6, 6.07) is 3.86. The molecule has 0 aromatic heterocycles. The lowest BCUT2D eigenvalue weighted by atomic mass is 10.1. The molecule has 0 aliphatic rings. The smallest absolute Gasteiger partial charge is 0.149 e. The summed E-state index contributed by atoms with van der Waals surface area (Å²) >= 11 is 0. The lowest BCUT2D eigenvalue weighted by Crippen LogP contribution is -2.26. The van der Waals surface area contributed by atoms with E-state index in [1.54, 1.807) is 0 Å². The second-order valence-corrected chi connectivity index (χ2v) is 6.87. The molecular weight excluding hydrogens is 338 g/mol. The van der Waals surface area contributed by atoms with Crippen LogP contribution in [0.5, 0.6) is 11.5 Å². The van der Waals surface area contributed by atoms with Crippen molar-refractivity contribution in [1.29, 1.82) is 5.53 Å². The maximum Gasteiger partial charge on any atom is 0.149 e. The Morgan fingerprint density at radius 2 is 1.33 bits per heavy atom. The topological polar surface area (TPSA) is 57.9 Å². The van der Waals surface area contributed by atoms with Crippen LogP contribution in [-0.4, -0.2) is 26.3 Å². The van der Waals surface area contributed by atoms with Crippen molar-refractivity contribution in [1.82, 2.24) is 0 Å². The minimum atomic E-state index is 0.529. The highest BCUT2D eigenvalue weighted by Crippen LogP contribution is 2.40. The molecule has 0 aliphatic carbocycles. The van der Waals surface area contributed by atoms with Gasteiger partial charge in [0.25, 0.3) is 0 Å². The number of anilines is 1. The standard InChI is InChI=1S/C22H39N3O2/c1-5-9-11-13-15-25(16-14-12-10-6-2)20-18-21(26-7-3)19(24-23)17-22(20)27-8-4/h17-18,23H,5-16H2,1-4H3. The molecule has 0 unspecified atom stereocenters. The van der Waals surface area contributed by atoms with Gasteiger partial charge < -0.3 is 14.4 Å². The Hall–Kier alpha value is -1.78. The van der Waals surface area contributed by atoms with Gasteiger partial charge in [-0.3, -0.25) is 0 Å². The Balaban J connectivity index is 3.08. The van der Waals surface area contributed by atoms with E-state index in [9.17, 15) is 0 Å². The van der Waals surface area contributed by atoms with E-state index in [4.69, 9.17) is 15.0 Å². The number of nitrogens with one attached hydrogen (secondary N) is 1. The molecule has 154 valence electrons. The van der Waals surface area contributed by atoms with E-state index in [2.05, 4.69) is 23.9 Å². The number of nitrogens with zero attached hydrogens (tertiary/aromatic N) is 2. The third-order valence-corrected chi connectivity index (χ3v) is 4.66. The predicted molar refractivity (Wildman–Crippen MR) is 114 cm³/mol. The minimum absolute atomic E-state index is 0.529. The first-order chi connectivity index (χ1) is 13.2. The zero-order valence-corrected chi connectivity index (χ0v) is 17.9. The van der Waals surface area contributed by atoms with E-state index in [-0.39, 0.29) is 0 Å². The van der Waals surface area contributed by atoms with Crippen molar-refractivity contribution in [2.24, 2.45) is 5.11 Å². The average Bonchev–Trinajstić information content (AvgIpc) is 2.68. The van der Waals surface area contributed by atoms with Crippen molar-refractivity contribution in [2.45, 2.75) is 79.1 Å². The molecule has 1 N–H and O–H groups in total.